The Balaban J connectivity index is 2.34. The van der Waals surface area contributed by atoms with Gasteiger partial charge in [-0.1, -0.05) is 36.2 Å². The highest BCUT2D eigenvalue weighted by atomic mass is 35.5. The molecule has 3 atom stereocenters. The van der Waals surface area contributed by atoms with Crippen molar-refractivity contribution in [1.82, 2.24) is 0 Å². The van der Waals surface area contributed by atoms with Gasteiger partial charge in [0.25, 0.3) is 0 Å². The molecule has 17 heavy (non-hydrogen) atoms. The van der Waals surface area contributed by atoms with Gasteiger partial charge in [-0.15, -0.1) is 0 Å². The van der Waals surface area contributed by atoms with E-state index in [4.69, 9.17) is 28.9 Å². The number of hydrogen-bond acceptors (Lipinski definition) is 2. The third kappa shape index (κ3) is 2.40. The molecule has 94 valence electrons. The molecule has 3 unspecified atom stereocenters. The summed E-state index contributed by atoms with van der Waals surface area (Å²) in [6.07, 6.45) is 0.979. The van der Waals surface area contributed by atoms with Crippen LogP contribution in [-0.2, 0) is 0 Å². The van der Waals surface area contributed by atoms with E-state index < -0.39 is 0 Å². The van der Waals surface area contributed by atoms with Crippen molar-refractivity contribution in [3.8, 4) is 0 Å². The van der Waals surface area contributed by atoms with Gasteiger partial charge in [0.2, 0.25) is 0 Å². The molecule has 1 saturated heterocycles. The normalized spacial score (nSPS) is 29.5. The minimum absolute atomic E-state index is 0.266. The molecular weight excluding hydrogens is 255 g/mol. The summed E-state index contributed by atoms with van der Waals surface area (Å²) in [4.78, 5) is 2.28. The van der Waals surface area contributed by atoms with Gasteiger partial charge in [-0.25, -0.2) is 0 Å². The molecule has 0 radical (unpaired) electrons. The summed E-state index contributed by atoms with van der Waals surface area (Å²) in [7, 11) is 0. The zero-order valence-corrected chi connectivity index (χ0v) is 11.7. The zero-order valence-electron chi connectivity index (χ0n) is 10.2. The topological polar surface area (TPSA) is 29.3 Å². The third-order valence-electron chi connectivity index (χ3n) is 3.86. The predicted octanol–water partition coefficient (Wildman–Crippen LogP) is 3.56. The van der Waals surface area contributed by atoms with Crippen molar-refractivity contribution in [2.24, 2.45) is 11.7 Å². The lowest BCUT2D eigenvalue weighted by Gasteiger charge is -2.43. The highest BCUT2D eigenvalue weighted by molar-refractivity contribution is 6.39. The molecule has 1 aliphatic rings. The van der Waals surface area contributed by atoms with E-state index in [-0.39, 0.29) is 6.04 Å². The van der Waals surface area contributed by atoms with Gasteiger partial charge in [0.05, 0.1) is 15.7 Å². The van der Waals surface area contributed by atoms with Gasteiger partial charge < -0.3 is 10.6 Å². The summed E-state index contributed by atoms with van der Waals surface area (Å²) in [5.74, 6) is 0.441. The summed E-state index contributed by atoms with van der Waals surface area (Å²) in [6, 6.07) is 6.26. The fraction of sp³-hybridized carbons (Fsp3) is 0.538. The van der Waals surface area contributed by atoms with E-state index >= 15 is 0 Å². The van der Waals surface area contributed by atoms with Gasteiger partial charge in [0.15, 0.2) is 0 Å². The van der Waals surface area contributed by atoms with Crippen LogP contribution in [0.4, 0.5) is 5.69 Å². The van der Waals surface area contributed by atoms with E-state index in [0.29, 0.717) is 22.0 Å². The number of para-hydroxylation sites is 1. The van der Waals surface area contributed by atoms with Crippen LogP contribution in [0.15, 0.2) is 18.2 Å². The van der Waals surface area contributed by atoms with Crippen LogP contribution in [0.3, 0.4) is 0 Å². The van der Waals surface area contributed by atoms with E-state index in [1.165, 1.54) is 0 Å². The van der Waals surface area contributed by atoms with Crippen molar-refractivity contribution in [2.45, 2.75) is 32.4 Å². The first-order valence-electron chi connectivity index (χ1n) is 5.98. The van der Waals surface area contributed by atoms with Gasteiger partial charge in [-0.05, 0) is 31.4 Å². The molecule has 0 bridgehead atoms. The molecule has 0 aromatic heterocycles. The molecule has 0 aliphatic carbocycles. The van der Waals surface area contributed by atoms with E-state index in [1.807, 2.05) is 18.2 Å². The molecule has 1 fully saturated rings. The van der Waals surface area contributed by atoms with Crippen molar-refractivity contribution in [1.29, 1.82) is 0 Å². The Morgan fingerprint density at radius 3 is 2.41 bits per heavy atom. The minimum Gasteiger partial charge on any atom is -0.366 e. The van der Waals surface area contributed by atoms with E-state index in [9.17, 15) is 0 Å². The Kier molecular flexibility index (Phi) is 3.86. The van der Waals surface area contributed by atoms with Crippen molar-refractivity contribution in [3.05, 3.63) is 28.2 Å². The average molecular weight is 273 g/mol. The first-order chi connectivity index (χ1) is 8.02. The maximum absolute atomic E-state index is 6.25. The lowest BCUT2D eigenvalue weighted by Crippen LogP contribution is -2.52. The highest BCUT2D eigenvalue weighted by Gasteiger charge is 2.32. The second kappa shape index (κ2) is 5.05. The fourth-order valence-electron chi connectivity index (χ4n) is 2.48. The molecule has 1 aromatic rings. The lowest BCUT2D eigenvalue weighted by molar-refractivity contribution is 0.315. The number of benzene rings is 1. The number of rotatable bonds is 1. The number of halogens is 2. The van der Waals surface area contributed by atoms with Crippen LogP contribution in [0.25, 0.3) is 0 Å². The Morgan fingerprint density at radius 2 is 1.82 bits per heavy atom. The Hall–Kier alpha value is -0.440. The van der Waals surface area contributed by atoms with Crippen molar-refractivity contribution in [3.63, 3.8) is 0 Å². The molecule has 2 nitrogen and oxygen atoms in total. The molecule has 0 saturated carbocycles. The second-order valence-electron chi connectivity index (χ2n) is 4.82. The van der Waals surface area contributed by atoms with Crippen LogP contribution in [0.2, 0.25) is 10.0 Å². The average Bonchev–Trinajstić information content (AvgIpc) is 2.29. The fourth-order valence-corrected chi connectivity index (χ4v) is 3.09. The number of nitrogens with zero attached hydrogens (tertiary/aromatic N) is 1. The molecule has 1 heterocycles. The van der Waals surface area contributed by atoms with Crippen molar-refractivity contribution in [2.75, 3.05) is 11.4 Å². The lowest BCUT2D eigenvalue weighted by atomic mass is 9.87. The Morgan fingerprint density at radius 1 is 1.24 bits per heavy atom. The summed E-state index contributed by atoms with van der Waals surface area (Å²) in [5, 5.41) is 1.43. The first kappa shape index (κ1) is 13.0. The standard InChI is InChI=1S/C13H18Cl2N2/c1-8-9(2)17(7-6-12(8)16)13-10(14)4-3-5-11(13)15/h3-5,8-9,12H,6-7,16H2,1-2H3. The number of piperidine rings is 1. The van der Waals surface area contributed by atoms with Crippen LogP contribution < -0.4 is 10.6 Å². The van der Waals surface area contributed by atoms with Gasteiger partial charge in [-0.2, -0.15) is 0 Å². The summed E-state index contributed by atoms with van der Waals surface area (Å²) in [6.45, 7) is 5.28. The first-order valence-corrected chi connectivity index (χ1v) is 6.74. The predicted molar refractivity (Wildman–Crippen MR) is 75.0 cm³/mol. The minimum atomic E-state index is 0.266. The quantitative estimate of drug-likeness (QED) is 0.847. The summed E-state index contributed by atoms with van der Waals surface area (Å²) < 4.78 is 0. The van der Waals surface area contributed by atoms with Crippen LogP contribution in [-0.4, -0.2) is 18.6 Å². The van der Waals surface area contributed by atoms with Gasteiger partial charge in [-0.3, -0.25) is 0 Å². The highest BCUT2D eigenvalue weighted by Crippen LogP contribution is 2.38. The SMILES string of the molecule is CC1C(N)CCN(c2c(Cl)cccc2Cl)C1C. The van der Waals surface area contributed by atoms with Gasteiger partial charge in [0, 0.05) is 18.6 Å². The molecule has 4 heteroatoms. The largest absolute Gasteiger partial charge is 0.366 e. The molecule has 1 aliphatic heterocycles. The van der Waals surface area contributed by atoms with Crippen LogP contribution in [0, 0.1) is 5.92 Å². The Labute approximate surface area is 113 Å². The maximum Gasteiger partial charge on any atom is 0.0747 e. The van der Waals surface area contributed by atoms with Crippen LogP contribution in [0.1, 0.15) is 20.3 Å². The molecule has 2 N–H and O–H groups in total. The second-order valence-corrected chi connectivity index (χ2v) is 5.63. The Bertz CT molecular complexity index is 388. The molecule has 2 rings (SSSR count). The molecular formula is C13H18Cl2N2. The van der Waals surface area contributed by atoms with E-state index in [2.05, 4.69) is 18.7 Å². The zero-order chi connectivity index (χ0) is 12.6. The third-order valence-corrected chi connectivity index (χ3v) is 4.47. The number of anilines is 1. The summed E-state index contributed by atoms with van der Waals surface area (Å²) >= 11 is 12.5. The molecule has 0 spiro atoms. The van der Waals surface area contributed by atoms with Crippen LogP contribution in [0.5, 0.6) is 0 Å². The number of nitrogens with two attached hydrogens (primary N) is 1. The van der Waals surface area contributed by atoms with E-state index in [1.54, 1.807) is 0 Å². The van der Waals surface area contributed by atoms with Crippen LogP contribution >= 0.6 is 23.2 Å². The maximum atomic E-state index is 6.25. The van der Waals surface area contributed by atoms with Crippen molar-refractivity contribution < 1.29 is 0 Å². The van der Waals surface area contributed by atoms with E-state index in [0.717, 1.165) is 18.7 Å². The molecule has 1 aromatic carbocycles. The molecule has 0 amide bonds. The monoisotopic (exact) mass is 272 g/mol. The van der Waals surface area contributed by atoms with Gasteiger partial charge in [0.1, 0.15) is 0 Å². The van der Waals surface area contributed by atoms with Gasteiger partial charge >= 0.3 is 0 Å². The van der Waals surface area contributed by atoms with Crippen molar-refractivity contribution >= 4 is 28.9 Å². The summed E-state index contributed by atoms with van der Waals surface area (Å²) in [5.41, 5.74) is 7.04. The smallest absolute Gasteiger partial charge is 0.0747 e. The number of hydrogen-bond donors (Lipinski definition) is 1.